The van der Waals surface area contributed by atoms with E-state index in [1.165, 1.54) is 42.5 Å². The van der Waals surface area contributed by atoms with Gasteiger partial charge in [0.15, 0.2) is 0 Å². The van der Waals surface area contributed by atoms with Crippen LogP contribution < -0.4 is 10.6 Å². The molecule has 3 nitrogen and oxygen atoms in total. The van der Waals surface area contributed by atoms with Gasteiger partial charge in [0.25, 0.3) is 5.91 Å². The van der Waals surface area contributed by atoms with E-state index in [1.807, 2.05) is 6.07 Å². The van der Waals surface area contributed by atoms with Gasteiger partial charge < -0.3 is 10.6 Å². The fraction of sp³-hybridized carbons (Fsp3) is 0.296. The molecule has 3 aliphatic rings. The van der Waals surface area contributed by atoms with Gasteiger partial charge in [0, 0.05) is 16.9 Å². The zero-order valence-corrected chi connectivity index (χ0v) is 17.2. The lowest BCUT2D eigenvalue weighted by Crippen LogP contribution is -2.35. The smallest absolute Gasteiger partial charge is 0.255 e. The Bertz CT molecular complexity index is 1130. The van der Waals surface area contributed by atoms with E-state index in [0.29, 0.717) is 35.0 Å². The highest BCUT2D eigenvalue weighted by Crippen LogP contribution is 2.63. The average Bonchev–Trinajstić information content (AvgIpc) is 3.43. The molecular formula is C27H25FN2O. The highest BCUT2D eigenvalue weighted by molar-refractivity contribution is 6.04. The van der Waals surface area contributed by atoms with E-state index in [4.69, 9.17) is 0 Å². The summed E-state index contributed by atoms with van der Waals surface area (Å²) in [6.45, 7) is 0. The van der Waals surface area contributed by atoms with Crippen LogP contribution in [-0.4, -0.2) is 5.91 Å². The Morgan fingerprint density at radius 2 is 1.71 bits per heavy atom. The van der Waals surface area contributed by atoms with Crippen molar-refractivity contribution in [2.24, 2.45) is 17.8 Å². The molecule has 0 unspecified atom stereocenters. The number of carbonyl (C=O) groups is 1. The van der Waals surface area contributed by atoms with E-state index in [9.17, 15) is 9.18 Å². The first-order chi connectivity index (χ1) is 15.2. The number of carbonyl (C=O) groups excluding carboxylic acids is 1. The van der Waals surface area contributed by atoms with E-state index in [1.54, 1.807) is 12.1 Å². The first kappa shape index (κ1) is 18.6. The summed E-state index contributed by atoms with van der Waals surface area (Å²) in [5.74, 6) is 2.06. The second kappa shape index (κ2) is 7.23. The number of nitrogens with one attached hydrogen (secondary N) is 2. The Morgan fingerprint density at radius 3 is 2.52 bits per heavy atom. The van der Waals surface area contributed by atoms with Crippen LogP contribution in [0.15, 0.2) is 72.8 Å². The molecule has 0 radical (unpaired) electrons. The first-order valence-electron chi connectivity index (χ1n) is 11.2. The Hall–Kier alpha value is -3.14. The normalized spacial score (nSPS) is 27.8. The summed E-state index contributed by atoms with van der Waals surface area (Å²) in [4.78, 5) is 12.9. The van der Waals surface area contributed by atoms with Crippen molar-refractivity contribution in [3.05, 3.63) is 95.3 Å². The molecule has 5 atom stereocenters. The predicted octanol–water partition coefficient (Wildman–Crippen LogP) is 6.37. The van der Waals surface area contributed by atoms with Gasteiger partial charge in [-0.15, -0.1) is 0 Å². The van der Waals surface area contributed by atoms with Crippen molar-refractivity contribution in [3.63, 3.8) is 0 Å². The van der Waals surface area contributed by atoms with Crippen LogP contribution in [-0.2, 0) is 0 Å². The SMILES string of the molecule is O=C(Nc1ccc(F)cc1)c1ccc2c(c1)[C@H]1[C@@H]3CC[C@@H](C3)[C@@H]1[C@@H](c1ccccc1)N2. The van der Waals surface area contributed by atoms with Crippen LogP contribution in [0.25, 0.3) is 0 Å². The minimum atomic E-state index is -0.312. The molecule has 3 aromatic rings. The molecule has 1 amide bonds. The highest BCUT2D eigenvalue weighted by Gasteiger charge is 2.53. The van der Waals surface area contributed by atoms with Crippen molar-refractivity contribution in [3.8, 4) is 0 Å². The van der Waals surface area contributed by atoms with Crippen LogP contribution in [0.3, 0.4) is 0 Å². The molecule has 2 bridgehead atoms. The number of hydrogen-bond acceptors (Lipinski definition) is 2. The van der Waals surface area contributed by atoms with Crippen LogP contribution in [0.4, 0.5) is 15.8 Å². The van der Waals surface area contributed by atoms with Crippen LogP contribution >= 0.6 is 0 Å². The molecule has 2 N–H and O–H groups in total. The summed E-state index contributed by atoms with van der Waals surface area (Å²) in [6, 6.07) is 23.0. The molecule has 2 aliphatic carbocycles. The molecular weight excluding hydrogens is 387 g/mol. The van der Waals surface area contributed by atoms with Gasteiger partial charge in [-0.3, -0.25) is 4.79 Å². The maximum Gasteiger partial charge on any atom is 0.255 e. The fourth-order valence-corrected chi connectivity index (χ4v) is 6.35. The van der Waals surface area contributed by atoms with Crippen molar-refractivity contribution < 1.29 is 9.18 Å². The second-order valence-electron chi connectivity index (χ2n) is 9.23. The summed E-state index contributed by atoms with van der Waals surface area (Å²) in [5.41, 5.74) is 5.06. The van der Waals surface area contributed by atoms with E-state index in [-0.39, 0.29) is 11.7 Å². The zero-order chi connectivity index (χ0) is 20.9. The molecule has 0 aromatic heterocycles. The quantitative estimate of drug-likeness (QED) is 0.524. The molecule has 156 valence electrons. The van der Waals surface area contributed by atoms with Gasteiger partial charge in [-0.05, 0) is 96.5 Å². The molecule has 2 fully saturated rings. The van der Waals surface area contributed by atoms with Crippen molar-refractivity contribution in [2.45, 2.75) is 31.2 Å². The lowest BCUT2D eigenvalue weighted by atomic mass is 9.68. The van der Waals surface area contributed by atoms with Gasteiger partial charge in [-0.1, -0.05) is 30.3 Å². The molecule has 0 spiro atoms. The molecule has 1 heterocycles. The summed E-state index contributed by atoms with van der Waals surface area (Å²) in [5, 5.41) is 6.71. The average molecular weight is 413 g/mol. The number of anilines is 2. The van der Waals surface area contributed by atoms with Crippen molar-refractivity contribution in [1.29, 1.82) is 0 Å². The first-order valence-corrected chi connectivity index (χ1v) is 11.2. The summed E-state index contributed by atoms with van der Waals surface area (Å²) < 4.78 is 13.2. The van der Waals surface area contributed by atoms with E-state index < -0.39 is 0 Å². The maximum absolute atomic E-state index is 13.2. The lowest BCUT2D eigenvalue weighted by Gasteiger charge is -2.43. The largest absolute Gasteiger partial charge is 0.378 e. The van der Waals surface area contributed by atoms with E-state index in [0.717, 1.165) is 11.6 Å². The predicted molar refractivity (Wildman–Crippen MR) is 121 cm³/mol. The topological polar surface area (TPSA) is 41.1 Å². The molecule has 6 rings (SSSR count). The Labute approximate surface area is 181 Å². The third-order valence-corrected chi connectivity index (χ3v) is 7.61. The number of benzene rings is 3. The fourth-order valence-electron chi connectivity index (χ4n) is 6.35. The minimum absolute atomic E-state index is 0.153. The molecule has 0 saturated heterocycles. The Morgan fingerprint density at radius 1 is 0.935 bits per heavy atom. The summed E-state index contributed by atoms with van der Waals surface area (Å²) in [7, 11) is 0. The maximum atomic E-state index is 13.2. The lowest BCUT2D eigenvalue weighted by molar-refractivity contribution is 0.102. The number of amides is 1. The van der Waals surface area contributed by atoms with Crippen molar-refractivity contribution >= 4 is 17.3 Å². The Balaban J connectivity index is 1.34. The molecule has 4 heteroatoms. The second-order valence-corrected chi connectivity index (χ2v) is 9.23. The van der Waals surface area contributed by atoms with Gasteiger partial charge in [-0.2, -0.15) is 0 Å². The van der Waals surface area contributed by atoms with Crippen molar-refractivity contribution in [2.75, 3.05) is 10.6 Å². The van der Waals surface area contributed by atoms with Crippen LogP contribution in [0, 0.1) is 23.6 Å². The highest BCUT2D eigenvalue weighted by atomic mass is 19.1. The molecule has 3 aromatic carbocycles. The summed E-state index contributed by atoms with van der Waals surface area (Å²) >= 11 is 0. The molecule has 2 saturated carbocycles. The Kier molecular flexibility index (Phi) is 4.34. The number of halogens is 1. The third-order valence-electron chi connectivity index (χ3n) is 7.61. The number of hydrogen-bond donors (Lipinski definition) is 2. The standard InChI is InChI=1S/C27H25FN2O/c28-20-9-11-21(12-10-20)29-27(31)19-8-13-23-22(15-19)24-17-6-7-18(14-17)25(24)26(30-23)16-4-2-1-3-5-16/h1-5,8-13,15,17-18,24-26,30H,6-7,14H2,(H,29,31)/t17-,18+,24-,25+,26-/m1/s1. The van der Waals surface area contributed by atoms with E-state index >= 15 is 0 Å². The molecule has 31 heavy (non-hydrogen) atoms. The van der Waals surface area contributed by atoms with Gasteiger partial charge in [-0.25, -0.2) is 4.39 Å². The van der Waals surface area contributed by atoms with Crippen molar-refractivity contribution in [1.82, 2.24) is 0 Å². The van der Waals surface area contributed by atoms with Crippen LogP contribution in [0.1, 0.15) is 52.7 Å². The molecule has 1 aliphatic heterocycles. The van der Waals surface area contributed by atoms with Gasteiger partial charge in [0.05, 0.1) is 6.04 Å². The van der Waals surface area contributed by atoms with Crippen LogP contribution in [0.5, 0.6) is 0 Å². The number of fused-ring (bicyclic) bond motifs is 7. The summed E-state index contributed by atoms with van der Waals surface area (Å²) in [6.07, 6.45) is 3.90. The zero-order valence-electron chi connectivity index (χ0n) is 17.2. The number of rotatable bonds is 3. The van der Waals surface area contributed by atoms with Gasteiger partial charge in [0.1, 0.15) is 5.82 Å². The van der Waals surface area contributed by atoms with Gasteiger partial charge in [0.2, 0.25) is 0 Å². The monoisotopic (exact) mass is 412 g/mol. The van der Waals surface area contributed by atoms with Gasteiger partial charge >= 0.3 is 0 Å². The minimum Gasteiger partial charge on any atom is -0.378 e. The van der Waals surface area contributed by atoms with E-state index in [2.05, 4.69) is 53.1 Å². The third kappa shape index (κ3) is 3.13. The van der Waals surface area contributed by atoms with Crippen LogP contribution in [0.2, 0.25) is 0 Å².